The van der Waals surface area contributed by atoms with Crippen LogP contribution >= 0.6 is 0 Å². The number of nitrogens with zero attached hydrogens (tertiary/aromatic N) is 6. The third-order valence-electron chi connectivity index (χ3n) is 6.32. The highest BCUT2D eigenvalue weighted by molar-refractivity contribution is 6.69. The van der Waals surface area contributed by atoms with Gasteiger partial charge in [0, 0.05) is 5.56 Å². The van der Waals surface area contributed by atoms with E-state index in [1.807, 2.05) is 45.8 Å². The summed E-state index contributed by atoms with van der Waals surface area (Å²) in [4.78, 5) is 0. The molecule has 0 fully saturated rings. The predicted octanol–water partition coefficient (Wildman–Crippen LogP) is 5.75. The first kappa shape index (κ1) is 23.4. The van der Waals surface area contributed by atoms with Gasteiger partial charge in [-0.2, -0.15) is 0 Å². The van der Waals surface area contributed by atoms with Crippen LogP contribution < -0.4 is 0 Å². The predicted molar refractivity (Wildman–Crippen MR) is 142 cm³/mol. The van der Waals surface area contributed by atoms with Crippen LogP contribution in [0.1, 0.15) is 30.9 Å². The first-order valence-electron chi connectivity index (χ1n) is 12.2. The van der Waals surface area contributed by atoms with Crippen LogP contribution in [0.5, 0.6) is 0 Å². The Morgan fingerprint density at radius 2 is 1.31 bits per heavy atom. The topological polar surface area (TPSA) is 70.7 Å². The Hall–Kier alpha value is -3.36. The maximum absolute atomic E-state index is 7.04. The molecule has 0 spiro atoms. The molecule has 5 aromatic rings. The molecule has 3 aromatic carbocycles. The third kappa shape index (κ3) is 4.06. The molecule has 35 heavy (non-hydrogen) atoms. The summed E-state index contributed by atoms with van der Waals surface area (Å²) in [5, 5.41) is 18.7. The van der Waals surface area contributed by atoms with Gasteiger partial charge < -0.3 is 4.43 Å². The fourth-order valence-corrected chi connectivity index (χ4v) is 6.00. The minimum atomic E-state index is -1.99. The largest absolute Gasteiger partial charge is 0.410 e. The molecule has 2 aromatic heterocycles. The average molecular weight is 485 g/mol. The molecule has 0 radical (unpaired) electrons. The Kier molecular flexibility index (Phi) is 6.02. The van der Waals surface area contributed by atoms with E-state index in [4.69, 9.17) is 14.9 Å². The van der Waals surface area contributed by atoms with E-state index in [0.717, 1.165) is 40.5 Å². The monoisotopic (exact) mass is 484 g/mol. The molecule has 0 N–H and O–H groups in total. The maximum atomic E-state index is 7.04. The van der Waals surface area contributed by atoms with E-state index >= 15 is 0 Å². The number of benzene rings is 3. The van der Waals surface area contributed by atoms with Crippen LogP contribution in [-0.2, 0) is 10.1 Å². The van der Waals surface area contributed by atoms with Gasteiger partial charge in [0.05, 0.1) is 17.1 Å². The number of rotatable bonds is 8. The molecule has 1 unspecified atom stereocenters. The molecule has 0 saturated heterocycles. The minimum absolute atomic E-state index is 0.253. The first-order valence-corrected chi connectivity index (χ1v) is 15.6. The van der Waals surface area contributed by atoms with E-state index in [0.29, 0.717) is 0 Å². The lowest BCUT2D eigenvalue weighted by atomic mass is 9.89. The van der Waals surface area contributed by atoms with Gasteiger partial charge in [0.15, 0.2) is 8.32 Å². The Morgan fingerprint density at radius 3 is 1.80 bits per heavy atom. The summed E-state index contributed by atoms with van der Waals surface area (Å²) in [6.07, 6.45) is 1.51. The molecule has 0 aliphatic carbocycles. The standard InChI is InChI=1S/C27H32N6OSi/c1-6-11-26(34-35(3,4)5)27(21-18-16-20(2)17-19-21,32-24-14-9-7-12-22(24)28-30-32)33-25-15-10-8-13-23(25)29-31-33/h7-10,12-19,26H,6,11H2,1-5H3. The fraction of sp³-hybridized carbons (Fsp3) is 0.333. The third-order valence-corrected chi connectivity index (χ3v) is 7.31. The molecule has 180 valence electrons. The van der Waals surface area contributed by atoms with Crippen LogP contribution in [0.4, 0.5) is 0 Å². The fourth-order valence-electron chi connectivity index (χ4n) is 4.86. The van der Waals surface area contributed by atoms with E-state index in [2.05, 4.69) is 80.1 Å². The van der Waals surface area contributed by atoms with Crippen molar-refractivity contribution in [3.63, 3.8) is 0 Å². The number of hydrogen-bond donors (Lipinski definition) is 0. The summed E-state index contributed by atoms with van der Waals surface area (Å²) < 4.78 is 11.1. The number of hydrogen-bond acceptors (Lipinski definition) is 5. The van der Waals surface area contributed by atoms with Crippen molar-refractivity contribution in [3.05, 3.63) is 83.9 Å². The van der Waals surface area contributed by atoms with Crippen molar-refractivity contribution in [2.24, 2.45) is 0 Å². The summed E-state index contributed by atoms with van der Waals surface area (Å²) in [5.41, 5.74) is 4.80. The summed E-state index contributed by atoms with van der Waals surface area (Å²) >= 11 is 0. The molecule has 8 heteroatoms. The van der Waals surface area contributed by atoms with Crippen molar-refractivity contribution in [1.29, 1.82) is 0 Å². The molecule has 0 saturated carbocycles. The van der Waals surface area contributed by atoms with Crippen molar-refractivity contribution >= 4 is 30.4 Å². The highest BCUT2D eigenvalue weighted by Crippen LogP contribution is 2.40. The zero-order valence-corrected chi connectivity index (χ0v) is 22.0. The smallest absolute Gasteiger partial charge is 0.208 e. The van der Waals surface area contributed by atoms with Crippen LogP contribution in [0.3, 0.4) is 0 Å². The van der Waals surface area contributed by atoms with Crippen molar-refractivity contribution in [2.45, 2.75) is 58.1 Å². The van der Waals surface area contributed by atoms with Crippen molar-refractivity contribution in [1.82, 2.24) is 30.0 Å². The highest BCUT2D eigenvalue weighted by atomic mass is 28.4. The van der Waals surface area contributed by atoms with Gasteiger partial charge in [-0.15, -0.1) is 10.2 Å². The van der Waals surface area contributed by atoms with Gasteiger partial charge in [0.1, 0.15) is 11.0 Å². The summed E-state index contributed by atoms with van der Waals surface area (Å²) in [7, 11) is -1.99. The zero-order valence-electron chi connectivity index (χ0n) is 21.0. The normalized spacial score (nSPS) is 13.5. The second kappa shape index (κ2) is 9.01. The molecule has 0 aliphatic rings. The highest BCUT2D eigenvalue weighted by Gasteiger charge is 2.50. The second-order valence-corrected chi connectivity index (χ2v) is 14.5. The lowest BCUT2D eigenvalue weighted by molar-refractivity contribution is 0.0336. The SMILES string of the molecule is CCCC(O[Si](C)(C)C)C(c1ccc(C)cc1)(n1nnc2ccccc21)n1nnc2ccccc21. The Bertz CT molecular complexity index is 1380. The van der Waals surface area contributed by atoms with Gasteiger partial charge in [-0.1, -0.05) is 77.9 Å². The quantitative estimate of drug-likeness (QED) is 0.262. The molecule has 2 heterocycles. The molecule has 7 nitrogen and oxygen atoms in total. The Morgan fingerprint density at radius 1 is 0.800 bits per heavy atom. The number of fused-ring (bicyclic) bond motifs is 2. The Labute approximate surface area is 206 Å². The van der Waals surface area contributed by atoms with E-state index in [9.17, 15) is 0 Å². The van der Waals surface area contributed by atoms with E-state index in [-0.39, 0.29) is 6.10 Å². The van der Waals surface area contributed by atoms with Gasteiger partial charge in [-0.05, 0) is 57.3 Å². The lowest BCUT2D eigenvalue weighted by Crippen LogP contribution is -2.56. The minimum Gasteiger partial charge on any atom is -0.410 e. The number of para-hydroxylation sites is 2. The summed E-state index contributed by atoms with van der Waals surface area (Å²) in [5.74, 6) is 0. The van der Waals surface area contributed by atoms with Crippen LogP contribution in [0, 0.1) is 6.92 Å². The molecule has 1 atom stereocenters. The van der Waals surface area contributed by atoms with Gasteiger partial charge in [-0.25, -0.2) is 9.36 Å². The van der Waals surface area contributed by atoms with Crippen LogP contribution in [0.25, 0.3) is 22.1 Å². The second-order valence-electron chi connectivity index (χ2n) is 10.1. The maximum Gasteiger partial charge on any atom is 0.208 e. The first-order chi connectivity index (χ1) is 16.8. The van der Waals surface area contributed by atoms with Gasteiger partial charge in [-0.3, -0.25) is 0 Å². The number of aryl methyl sites for hydroxylation is 1. The lowest BCUT2D eigenvalue weighted by Gasteiger charge is -2.43. The van der Waals surface area contributed by atoms with E-state index < -0.39 is 14.0 Å². The van der Waals surface area contributed by atoms with Crippen molar-refractivity contribution < 1.29 is 4.43 Å². The molecular weight excluding hydrogens is 452 g/mol. The number of aromatic nitrogens is 6. The van der Waals surface area contributed by atoms with Crippen LogP contribution in [-0.4, -0.2) is 44.4 Å². The molecular formula is C27H32N6OSi. The van der Waals surface area contributed by atoms with E-state index in [1.54, 1.807) is 0 Å². The zero-order chi connectivity index (χ0) is 24.6. The van der Waals surface area contributed by atoms with Gasteiger partial charge in [0.2, 0.25) is 5.66 Å². The summed E-state index contributed by atoms with van der Waals surface area (Å²) in [6, 6.07) is 24.7. The molecule has 0 amide bonds. The molecule has 5 rings (SSSR count). The van der Waals surface area contributed by atoms with Crippen molar-refractivity contribution in [2.75, 3.05) is 0 Å². The molecule has 0 aliphatic heterocycles. The van der Waals surface area contributed by atoms with Crippen LogP contribution in [0.15, 0.2) is 72.8 Å². The van der Waals surface area contributed by atoms with Gasteiger partial charge >= 0.3 is 0 Å². The summed E-state index contributed by atoms with van der Waals surface area (Å²) in [6.45, 7) is 11.0. The van der Waals surface area contributed by atoms with Crippen molar-refractivity contribution in [3.8, 4) is 0 Å². The van der Waals surface area contributed by atoms with Crippen LogP contribution in [0.2, 0.25) is 19.6 Å². The molecule has 0 bridgehead atoms. The average Bonchev–Trinajstić information content (AvgIpc) is 3.46. The van der Waals surface area contributed by atoms with E-state index in [1.165, 1.54) is 5.56 Å². The Balaban J connectivity index is 1.95. The van der Waals surface area contributed by atoms with Gasteiger partial charge in [0.25, 0.3) is 0 Å².